The minimum absolute atomic E-state index is 0.0650. The van der Waals surface area contributed by atoms with E-state index >= 15 is 0 Å². The zero-order valence-corrected chi connectivity index (χ0v) is 7.99. The van der Waals surface area contributed by atoms with Crippen LogP contribution in [0.25, 0.3) is 0 Å². The monoisotopic (exact) mass is 186 g/mol. The van der Waals surface area contributed by atoms with Gasteiger partial charge in [-0.1, -0.05) is 0 Å². The number of amides is 1. The third-order valence-corrected chi connectivity index (χ3v) is 2.49. The van der Waals surface area contributed by atoms with Crippen LogP contribution in [0.3, 0.4) is 0 Å². The molecule has 0 spiro atoms. The minimum Gasteiger partial charge on any atom is -0.392 e. The molecule has 4 nitrogen and oxygen atoms in total. The number of carbonyl (C=O) groups is 1. The van der Waals surface area contributed by atoms with E-state index in [0.29, 0.717) is 6.42 Å². The minimum atomic E-state index is -0.299. The molecular formula is C9H18N2O2. The standard InChI is InChI=1S/C9H18N2O2/c1-6(5-9(10)13)11-7-3-2-4-8(7)12/h6-8,11-12H,2-5H2,1H3,(H2,10,13). The van der Waals surface area contributed by atoms with Crippen molar-refractivity contribution in [3.63, 3.8) is 0 Å². The van der Waals surface area contributed by atoms with Crippen LogP contribution in [0.5, 0.6) is 0 Å². The van der Waals surface area contributed by atoms with E-state index < -0.39 is 0 Å². The van der Waals surface area contributed by atoms with E-state index in [0.717, 1.165) is 19.3 Å². The molecule has 3 unspecified atom stereocenters. The Labute approximate surface area is 78.5 Å². The normalized spacial score (nSPS) is 30.3. The fourth-order valence-corrected chi connectivity index (χ4v) is 1.86. The molecule has 3 atom stereocenters. The molecule has 1 aliphatic rings. The molecule has 1 amide bonds. The van der Waals surface area contributed by atoms with E-state index in [1.165, 1.54) is 0 Å². The highest BCUT2D eigenvalue weighted by atomic mass is 16.3. The zero-order valence-electron chi connectivity index (χ0n) is 7.99. The molecule has 1 rings (SSSR count). The summed E-state index contributed by atoms with van der Waals surface area (Å²) in [6.45, 7) is 1.91. The summed E-state index contributed by atoms with van der Waals surface area (Å²) in [5.74, 6) is -0.299. The second-order valence-corrected chi connectivity index (χ2v) is 3.84. The molecule has 4 heteroatoms. The third-order valence-electron chi connectivity index (χ3n) is 2.49. The van der Waals surface area contributed by atoms with E-state index in [1.54, 1.807) is 0 Å². The van der Waals surface area contributed by atoms with E-state index in [4.69, 9.17) is 5.73 Å². The van der Waals surface area contributed by atoms with Crippen molar-refractivity contribution in [2.24, 2.45) is 5.73 Å². The Hall–Kier alpha value is -0.610. The largest absolute Gasteiger partial charge is 0.392 e. The number of hydrogen-bond acceptors (Lipinski definition) is 3. The molecule has 1 fully saturated rings. The predicted octanol–water partition coefficient (Wildman–Crippen LogP) is -0.247. The van der Waals surface area contributed by atoms with Crippen molar-refractivity contribution >= 4 is 5.91 Å². The Kier molecular flexibility index (Phi) is 3.69. The van der Waals surface area contributed by atoms with Gasteiger partial charge in [0.05, 0.1) is 6.10 Å². The highest BCUT2D eigenvalue weighted by Gasteiger charge is 2.26. The van der Waals surface area contributed by atoms with E-state index in [9.17, 15) is 9.90 Å². The second kappa shape index (κ2) is 4.58. The number of hydrogen-bond donors (Lipinski definition) is 3. The van der Waals surface area contributed by atoms with E-state index in [1.807, 2.05) is 6.92 Å². The van der Waals surface area contributed by atoms with Crippen LogP contribution in [0, 0.1) is 0 Å². The van der Waals surface area contributed by atoms with Crippen molar-refractivity contribution in [3.05, 3.63) is 0 Å². The van der Waals surface area contributed by atoms with Crippen LogP contribution in [0.4, 0.5) is 0 Å². The number of rotatable bonds is 4. The van der Waals surface area contributed by atoms with E-state index in [2.05, 4.69) is 5.32 Å². The predicted molar refractivity (Wildman–Crippen MR) is 50.1 cm³/mol. The molecule has 13 heavy (non-hydrogen) atoms. The first kappa shape index (κ1) is 10.5. The molecule has 0 radical (unpaired) electrons. The molecule has 1 aliphatic carbocycles. The number of nitrogens with two attached hydrogens (primary N) is 1. The van der Waals surface area contributed by atoms with Crippen LogP contribution < -0.4 is 11.1 Å². The lowest BCUT2D eigenvalue weighted by molar-refractivity contribution is -0.118. The van der Waals surface area contributed by atoms with Gasteiger partial charge in [-0.3, -0.25) is 4.79 Å². The van der Waals surface area contributed by atoms with Crippen molar-refractivity contribution < 1.29 is 9.90 Å². The SMILES string of the molecule is CC(CC(N)=O)NC1CCCC1O. The van der Waals surface area contributed by atoms with Crippen LogP contribution in [-0.2, 0) is 4.79 Å². The molecule has 0 aromatic rings. The molecular weight excluding hydrogens is 168 g/mol. The van der Waals surface area contributed by atoms with Gasteiger partial charge in [0.15, 0.2) is 0 Å². The first-order valence-electron chi connectivity index (χ1n) is 4.82. The summed E-state index contributed by atoms with van der Waals surface area (Å²) in [7, 11) is 0. The fraction of sp³-hybridized carbons (Fsp3) is 0.889. The van der Waals surface area contributed by atoms with Gasteiger partial charge in [-0.05, 0) is 26.2 Å². The number of primary amides is 1. The van der Waals surface area contributed by atoms with Gasteiger partial charge in [0.25, 0.3) is 0 Å². The van der Waals surface area contributed by atoms with Crippen LogP contribution >= 0.6 is 0 Å². The average molecular weight is 186 g/mol. The molecule has 1 saturated carbocycles. The maximum atomic E-state index is 10.6. The molecule has 0 saturated heterocycles. The Morgan fingerprint density at radius 1 is 1.69 bits per heavy atom. The summed E-state index contributed by atoms with van der Waals surface area (Å²) in [4.78, 5) is 10.6. The van der Waals surface area contributed by atoms with Gasteiger partial charge in [-0.2, -0.15) is 0 Å². The van der Waals surface area contributed by atoms with Crippen LogP contribution in [0.15, 0.2) is 0 Å². The summed E-state index contributed by atoms with van der Waals surface area (Å²) in [5.41, 5.74) is 5.06. The van der Waals surface area contributed by atoms with Gasteiger partial charge in [-0.15, -0.1) is 0 Å². The van der Waals surface area contributed by atoms with Crippen molar-refractivity contribution in [2.45, 2.75) is 50.8 Å². The smallest absolute Gasteiger partial charge is 0.218 e. The van der Waals surface area contributed by atoms with Gasteiger partial charge in [0, 0.05) is 18.5 Å². The fourth-order valence-electron chi connectivity index (χ4n) is 1.86. The van der Waals surface area contributed by atoms with Gasteiger partial charge in [0.1, 0.15) is 0 Å². The maximum Gasteiger partial charge on any atom is 0.218 e. The summed E-state index contributed by atoms with van der Waals surface area (Å²) < 4.78 is 0. The van der Waals surface area contributed by atoms with Crippen molar-refractivity contribution in [1.82, 2.24) is 5.32 Å². The molecule has 0 aromatic heterocycles. The summed E-state index contributed by atoms with van der Waals surface area (Å²) in [5, 5.41) is 12.7. The zero-order chi connectivity index (χ0) is 9.84. The van der Waals surface area contributed by atoms with Crippen LogP contribution in [-0.4, -0.2) is 29.2 Å². The van der Waals surface area contributed by atoms with Gasteiger partial charge in [0.2, 0.25) is 5.91 Å². The third kappa shape index (κ3) is 3.32. The summed E-state index contributed by atoms with van der Waals surface area (Å²) in [6.07, 6.45) is 2.99. The lowest BCUT2D eigenvalue weighted by atomic mass is 10.1. The van der Waals surface area contributed by atoms with Crippen LogP contribution in [0.1, 0.15) is 32.6 Å². The highest BCUT2D eigenvalue weighted by molar-refractivity contribution is 5.74. The first-order chi connectivity index (χ1) is 6.09. The number of aliphatic hydroxyl groups is 1. The quantitative estimate of drug-likeness (QED) is 0.567. The number of nitrogens with one attached hydrogen (secondary N) is 1. The molecule has 4 N–H and O–H groups in total. The maximum absolute atomic E-state index is 10.6. The second-order valence-electron chi connectivity index (χ2n) is 3.84. The first-order valence-corrected chi connectivity index (χ1v) is 4.82. The topological polar surface area (TPSA) is 75.4 Å². The van der Waals surface area contributed by atoms with Gasteiger partial charge in [-0.25, -0.2) is 0 Å². The lowest BCUT2D eigenvalue weighted by Crippen LogP contribution is -2.42. The Bertz CT molecular complexity index is 184. The Morgan fingerprint density at radius 2 is 2.38 bits per heavy atom. The number of carbonyl (C=O) groups excluding carboxylic acids is 1. The number of aliphatic hydroxyl groups excluding tert-OH is 1. The van der Waals surface area contributed by atoms with E-state index in [-0.39, 0.29) is 24.1 Å². The summed E-state index contributed by atoms with van der Waals surface area (Å²) >= 11 is 0. The molecule has 0 aromatic carbocycles. The molecule has 0 aliphatic heterocycles. The average Bonchev–Trinajstić information content (AvgIpc) is 2.34. The summed E-state index contributed by atoms with van der Waals surface area (Å²) in [6, 6.07) is 0.213. The van der Waals surface area contributed by atoms with Gasteiger partial charge < -0.3 is 16.2 Å². The Morgan fingerprint density at radius 3 is 2.85 bits per heavy atom. The van der Waals surface area contributed by atoms with Gasteiger partial charge >= 0.3 is 0 Å². The van der Waals surface area contributed by atoms with Crippen LogP contribution in [0.2, 0.25) is 0 Å². The highest BCUT2D eigenvalue weighted by Crippen LogP contribution is 2.19. The molecule has 0 bridgehead atoms. The lowest BCUT2D eigenvalue weighted by Gasteiger charge is -2.20. The van der Waals surface area contributed by atoms with Crippen molar-refractivity contribution in [1.29, 1.82) is 0 Å². The van der Waals surface area contributed by atoms with Crippen molar-refractivity contribution in [3.8, 4) is 0 Å². The van der Waals surface area contributed by atoms with Crippen molar-refractivity contribution in [2.75, 3.05) is 0 Å². The molecule has 76 valence electrons. The Balaban J connectivity index is 2.26. The molecule has 0 heterocycles.